The Morgan fingerprint density at radius 1 is 0.938 bits per heavy atom. The van der Waals surface area contributed by atoms with Crippen LogP contribution in [-0.2, 0) is 4.79 Å². The molecule has 0 aromatic heterocycles. The van der Waals surface area contributed by atoms with Gasteiger partial charge in [-0.1, -0.05) is 35.9 Å². The number of hydrogen-bond donors (Lipinski definition) is 2. The van der Waals surface area contributed by atoms with E-state index in [-0.39, 0.29) is 11.1 Å². The minimum absolute atomic E-state index is 0.0848. The van der Waals surface area contributed by atoms with Crippen LogP contribution in [0.25, 0.3) is 0 Å². The second-order valence-corrected chi connectivity index (χ2v) is 7.24. The smallest absolute Gasteiger partial charge is 0.282 e. The van der Waals surface area contributed by atoms with Crippen LogP contribution in [0.15, 0.2) is 66.7 Å². The van der Waals surface area contributed by atoms with E-state index in [9.17, 15) is 24.5 Å². The van der Waals surface area contributed by atoms with Gasteiger partial charge in [-0.3, -0.25) is 29.4 Å². The summed E-state index contributed by atoms with van der Waals surface area (Å²) in [6.45, 7) is 1.41. The van der Waals surface area contributed by atoms with E-state index in [1.807, 2.05) is 31.2 Å². The molecule has 9 heteroatoms. The van der Waals surface area contributed by atoms with Crippen LogP contribution in [0, 0.1) is 17.0 Å². The first-order valence-electron chi connectivity index (χ1n) is 9.71. The lowest BCUT2D eigenvalue weighted by Gasteiger charge is -2.16. The average molecular weight is 430 g/mol. The van der Waals surface area contributed by atoms with E-state index in [4.69, 9.17) is 0 Å². The number of aryl methyl sites for hydroxylation is 1. The fraction of sp³-hybridized carbons (Fsp3) is 0.0870. The number of nitro benzene ring substituents is 1. The van der Waals surface area contributed by atoms with E-state index in [0.717, 1.165) is 17.3 Å². The number of hydrogen-bond acceptors (Lipinski definition) is 6. The first-order valence-corrected chi connectivity index (χ1v) is 9.71. The molecule has 160 valence electrons. The van der Waals surface area contributed by atoms with Crippen molar-refractivity contribution in [3.63, 3.8) is 0 Å². The largest absolute Gasteiger partial charge is 0.354 e. The maximum Gasteiger partial charge on any atom is 0.282 e. The maximum atomic E-state index is 12.7. The summed E-state index contributed by atoms with van der Waals surface area (Å²) < 4.78 is 0. The first kappa shape index (κ1) is 20.7. The predicted octanol–water partition coefficient (Wildman–Crippen LogP) is 3.88. The van der Waals surface area contributed by atoms with Crippen molar-refractivity contribution in [2.75, 3.05) is 17.2 Å². The molecule has 1 heterocycles. The topological polar surface area (TPSA) is 122 Å². The fourth-order valence-electron chi connectivity index (χ4n) is 3.44. The molecule has 3 amide bonds. The van der Waals surface area contributed by atoms with Crippen molar-refractivity contribution >= 4 is 40.5 Å². The van der Waals surface area contributed by atoms with Gasteiger partial charge in [0, 0.05) is 11.8 Å². The molecule has 3 aromatic carbocycles. The number of amides is 3. The number of rotatable bonds is 6. The molecule has 0 unspecified atom stereocenters. The second kappa shape index (κ2) is 8.31. The summed E-state index contributed by atoms with van der Waals surface area (Å²) >= 11 is 0. The Labute approximate surface area is 182 Å². The number of carbonyl (C=O) groups is 3. The molecule has 0 atom stereocenters. The summed E-state index contributed by atoms with van der Waals surface area (Å²) in [5.41, 5.74) is 2.18. The van der Waals surface area contributed by atoms with Gasteiger partial charge in [-0.25, -0.2) is 0 Å². The summed E-state index contributed by atoms with van der Waals surface area (Å²) in [5, 5.41) is 17.1. The maximum absolute atomic E-state index is 12.7. The Balaban J connectivity index is 1.51. The van der Waals surface area contributed by atoms with E-state index in [0.29, 0.717) is 16.3 Å². The van der Waals surface area contributed by atoms with Gasteiger partial charge >= 0.3 is 0 Å². The van der Waals surface area contributed by atoms with Gasteiger partial charge < -0.3 is 10.6 Å². The highest BCUT2D eigenvalue weighted by atomic mass is 16.6. The van der Waals surface area contributed by atoms with Gasteiger partial charge in [0.25, 0.3) is 17.5 Å². The van der Waals surface area contributed by atoms with Crippen LogP contribution in [0.5, 0.6) is 0 Å². The SMILES string of the molecule is Cc1ccc(Nc2ccccc2NC(=O)CN2C(=O)c3cccc([N+](=O)[O-])c3C2=O)cc1. The lowest BCUT2D eigenvalue weighted by molar-refractivity contribution is -0.385. The van der Waals surface area contributed by atoms with E-state index in [1.165, 1.54) is 12.1 Å². The average Bonchev–Trinajstić information content (AvgIpc) is 3.01. The van der Waals surface area contributed by atoms with Gasteiger partial charge in [0.15, 0.2) is 0 Å². The van der Waals surface area contributed by atoms with Crippen LogP contribution in [0.2, 0.25) is 0 Å². The van der Waals surface area contributed by atoms with Gasteiger partial charge in [-0.05, 0) is 37.3 Å². The van der Waals surface area contributed by atoms with E-state index in [1.54, 1.807) is 24.3 Å². The number of nitro groups is 1. The van der Waals surface area contributed by atoms with Crippen molar-refractivity contribution in [2.45, 2.75) is 6.92 Å². The highest BCUT2D eigenvalue weighted by Crippen LogP contribution is 2.31. The molecule has 0 saturated heterocycles. The van der Waals surface area contributed by atoms with Crippen LogP contribution in [0.3, 0.4) is 0 Å². The minimum Gasteiger partial charge on any atom is -0.354 e. The Morgan fingerprint density at radius 3 is 2.31 bits per heavy atom. The highest BCUT2D eigenvalue weighted by molar-refractivity contribution is 6.24. The molecule has 2 N–H and O–H groups in total. The molecule has 0 fully saturated rings. The number of imide groups is 1. The van der Waals surface area contributed by atoms with Crippen molar-refractivity contribution in [1.29, 1.82) is 0 Å². The summed E-state index contributed by atoms with van der Waals surface area (Å²) in [7, 11) is 0. The number of nitrogens with one attached hydrogen (secondary N) is 2. The number of carbonyl (C=O) groups excluding carboxylic acids is 3. The third kappa shape index (κ3) is 3.91. The zero-order valence-corrected chi connectivity index (χ0v) is 17.0. The van der Waals surface area contributed by atoms with Crippen molar-refractivity contribution in [3.05, 3.63) is 93.5 Å². The molecule has 1 aliphatic rings. The molecular formula is C23H18N4O5. The Hall–Kier alpha value is -4.53. The zero-order valence-electron chi connectivity index (χ0n) is 17.0. The fourth-order valence-corrected chi connectivity index (χ4v) is 3.44. The minimum atomic E-state index is -0.862. The van der Waals surface area contributed by atoms with E-state index in [2.05, 4.69) is 10.6 Å². The Morgan fingerprint density at radius 2 is 1.62 bits per heavy atom. The van der Waals surface area contributed by atoms with Gasteiger partial charge in [-0.15, -0.1) is 0 Å². The molecule has 0 saturated carbocycles. The summed E-state index contributed by atoms with van der Waals surface area (Å²) in [6, 6.07) is 18.5. The summed E-state index contributed by atoms with van der Waals surface area (Å²) in [4.78, 5) is 49.1. The third-order valence-electron chi connectivity index (χ3n) is 5.01. The second-order valence-electron chi connectivity index (χ2n) is 7.24. The third-order valence-corrected chi connectivity index (χ3v) is 5.01. The summed E-state index contributed by atoms with van der Waals surface area (Å²) in [5.74, 6) is -2.21. The van der Waals surface area contributed by atoms with Crippen LogP contribution in [0.4, 0.5) is 22.7 Å². The van der Waals surface area contributed by atoms with Crippen molar-refractivity contribution in [2.24, 2.45) is 0 Å². The standard InChI is InChI=1S/C23H18N4O5/c1-14-9-11-15(12-10-14)24-17-6-2-3-7-18(17)25-20(28)13-26-22(29)16-5-4-8-19(27(31)32)21(16)23(26)30/h2-12,24H,13H2,1H3,(H,25,28). The predicted molar refractivity (Wildman–Crippen MR) is 118 cm³/mol. The van der Waals surface area contributed by atoms with Gasteiger partial charge in [-0.2, -0.15) is 0 Å². The molecule has 0 spiro atoms. The van der Waals surface area contributed by atoms with Crippen molar-refractivity contribution < 1.29 is 19.3 Å². The molecular weight excluding hydrogens is 412 g/mol. The number of para-hydroxylation sites is 2. The van der Waals surface area contributed by atoms with Crippen LogP contribution < -0.4 is 10.6 Å². The molecule has 0 radical (unpaired) electrons. The van der Waals surface area contributed by atoms with Crippen LogP contribution >= 0.6 is 0 Å². The molecule has 0 aliphatic carbocycles. The number of anilines is 3. The normalized spacial score (nSPS) is 12.5. The Bertz CT molecular complexity index is 1250. The van der Waals surface area contributed by atoms with Gasteiger partial charge in [0.1, 0.15) is 12.1 Å². The number of nitrogens with zero attached hydrogens (tertiary/aromatic N) is 2. The lowest BCUT2D eigenvalue weighted by Crippen LogP contribution is -2.37. The van der Waals surface area contributed by atoms with Gasteiger partial charge in [0.05, 0.1) is 21.9 Å². The molecule has 0 bridgehead atoms. The molecule has 4 rings (SSSR count). The molecule has 1 aliphatic heterocycles. The monoisotopic (exact) mass is 430 g/mol. The molecule has 32 heavy (non-hydrogen) atoms. The van der Waals surface area contributed by atoms with Crippen molar-refractivity contribution in [1.82, 2.24) is 4.90 Å². The van der Waals surface area contributed by atoms with E-state index >= 15 is 0 Å². The lowest BCUT2D eigenvalue weighted by atomic mass is 10.1. The quantitative estimate of drug-likeness (QED) is 0.348. The highest BCUT2D eigenvalue weighted by Gasteiger charge is 2.41. The Kier molecular flexibility index (Phi) is 5.38. The molecule has 3 aromatic rings. The molecule has 9 nitrogen and oxygen atoms in total. The number of benzene rings is 3. The zero-order chi connectivity index (χ0) is 22.8. The number of fused-ring (bicyclic) bond motifs is 1. The van der Waals surface area contributed by atoms with Crippen LogP contribution in [-0.4, -0.2) is 34.1 Å². The van der Waals surface area contributed by atoms with E-state index < -0.39 is 34.9 Å². The first-order chi connectivity index (χ1) is 15.3. The van der Waals surface area contributed by atoms with Crippen molar-refractivity contribution in [3.8, 4) is 0 Å². The summed E-state index contributed by atoms with van der Waals surface area (Å²) in [6.07, 6.45) is 0. The van der Waals surface area contributed by atoms with Gasteiger partial charge in [0.2, 0.25) is 5.91 Å². The van der Waals surface area contributed by atoms with Crippen LogP contribution in [0.1, 0.15) is 26.3 Å².